The molecule has 1 aromatic carbocycles. The summed E-state index contributed by atoms with van der Waals surface area (Å²) in [5.41, 5.74) is 7.37. The van der Waals surface area contributed by atoms with E-state index in [1.165, 1.54) is 0 Å². The van der Waals surface area contributed by atoms with Crippen LogP contribution in [0.5, 0.6) is 0 Å². The van der Waals surface area contributed by atoms with E-state index in [0.29, 0.717) is 11.6 Å². The van der Waals surface area contributed by atoms with Crippen LogP contribution in [-0.4, -0.2) is 15.4 Å². The van der Waals surface area contributed by atoms with Gasteiger partial charge in [-0.25, -0.2) is 0 Å². The minimum Gasteiger partial charge on any atom is -0.381 e. The van der Waals surface area contributed by atoms with Crippen molar-refractivity contribution in [3.8, 4) is 11.3 Å². The Morgan fingerprint density at radius 2 is 2.20 bits per heavy atom. The quantitative estimate of drug-likeness (QED) is 0.627. The lowest BCUT2D eigenvalue weighted by molar-refractivity contribution is 0.436. The Balaban J connectivity index is 2.18. The van der Waals surface area contributed by atoms with E-state index in [2.05, 4.69) is 15.4 Å². The fraction of sp³-hybridized carbons (Fsp3) is 0. The molecule has 3 N–H and O–H groups in total. The molecule has 0 saturated carbocycles. The van der Waals surface area contributed by atoms with Gasteiger partial charge in [-0.1, -0.05) is 17.3 Å². The van der Waals surface area contributed by atoms with Gasteiger partial charge in [0.25, 0.3) is 0 Å². The van der Waals surface area contributed by atoms with Gasteiger partial charge in [0.2, 0.25) is 0 Å². The van der Waals surface area contributed by atoms with Crippen LogP contribution in [0.25, 0.3) is 22.2 Å². The lowest BCUT2D eigenvalue weighted by Gasteiger charge is -1.94. The average molecular weight is 200 g/mol. The fourth-order valence-corrected chi connectivity index (χ4v) is 1.52. The van der Waals surface area contributed by atoms with Crippen LogP contribution in [0.2, 0.25) is 0 Å². The molecule has 0 aliphatic rings. The second-order valence-electron chi connectivity index (χ2n) is 3.29. The van der Waals surface area contributed by atoms with Gasteiger partial charge in [0.05, 0.1) is 11.7 Å². The third-order valence-electron chi connectivity index (χ3n) is 2.25. The molecule has 0 atom stereocenters. The molecule has 0 spiro atoms. The van der Waals surface area contributed by atoms with Crippen molar-refractivity contribution < 1.29 is 4.52 Å². The summed E-state index contributed by atoms with van der Waals surface area (Å²) in [4.78, 5) is 0. The first kappa shape index (κ1) is 8.05. The molecular formula is C10H8N4O. The molecule has 5 heteroatoms. The number of nitrogens with zero attached hydrogens (tertiary/aromatic N) is 2. The Kier molecular flexibility index (Phi) is 1.53. The van der Waals surface area contributed by atoms with E-state index in [1.807, 2.05) is 18.2 Å². The van der Waals surface area contributed by atoms with Gasteiger partial charge < -0.3 is 10.3 Å². The predicted molar refractivity (Wildman–Crippen MR) is 56.0 cm³/mol. The number of aromatic nitrogens is 3. The standard InChI is InChI=1S/C10H8N4O/c11-10-4-9(15-14-10)6-1-2-7-5-12-13-8(7)3-6/h1-5H,(H2,11,14)(H,12,13). The predicted octanol–water partition coefficient (Wildman–Crippen LogP) is 1.80. The number of anilines is 1. The maximum Gasteiger partial charge on any atom is 0.169 e. The molecule has 3 aromatic rings. The Morgan fingerprint density at radius 1 is 1.27 bits per heavy atom. The molecule has 0 radical (unpaired) electrons. The minimum absolute atomic E-state index is 0.384. The Labute approximate surface area is 84.9 Å². The molecule has 0 fully saturated rings. The van der Waals surface area contributed by atoms with Crippen molar-refractivity contribution in [1.29, 1.82) is 0 Å². The summed E-state index contributed by atoms with van der Waals surface area (Å²) < 4.78 is 5.07. The fourth-order valence-electron chi connectivity index (χ4n) is 1.52. The summed E-state index contributed by atoms with van der Waals surface area (Å²) in [6, 6.07) is 7.55. The monoisotopic (exact) mass is 200 g/mol. The van der Waals surface area contributed by atoms with Crippen molar-refractivity contribution in [3.63, 3.8) is 0 Å². The van der Waals surface area contributed by atoms with Crippen LogP contribution in [-0.2, 0) is 0 Å². The number of nitrogens with two attached hydrogens (primary N) is 1. The number of fused-ring (bicyclic) bond motifs is 1. The summed E-state index contributed by atoms with van der Waals surface area (Å²) in [6.07, 6.45) is 1.77. The highest BCUT2D eigenvalue weighted by Gasteiger charge is 2.05. The molecule has 5 nitrogen and oxygen atoms in total. The normalized spacial score (nSPS) is 10.9. The Morgan fingerprint density at radius 3 is 3.00 bits per heavy atom. The van der Waals surface area contributed by atoms with E-state index in [9.17, 15) is 0 Å². The zero-order valence-electron chi connectivity index (χ0n) is 7.77. The number of hydrogen-bond donors (Lipinski definition) is 2. The number of aromatic amines is 1. The van der Waals surface area contributed by atoms with Gasteiger partial charge in [-0.05, 0) is 6.07 Å². The Hall–Kier alpha value is -2.30. The second-order valence-corrected chi connectivity index (χ2v) is 3.29. The van der Waals surface area contributed by atoms with E-state index < -0.39 is 0 Å². The molecule has 0 saturated heterocycles. The van der Waals surface area contributed by atoms with Crippen molar-refractivity contribution in [2.24, 2.45) is 0 Å². The zero-order valence-corrected chi connectivity index (χ0v) is 7.77. The maximum absolute atomic E-state index is 5.48. The van der Waals surface area contributed by atoms with Crippen molar-refractivity contribution in [2.45, 2.75) is 0 Å². The number of rotatable bonds is 1. The van der Waals surface area contributed by atoms with Crippen LogP contribution in [0.15, 0.2) is 35.0 Å². The number of nitrogen functional groups attached to an aromatic ring is 1. The highest BCUT2D eigenvalue weighted by Crippen LogP contribution is 2.24. The summed E-state index contributed by atoms with van der Waals surface area (Å²) in [5, 5.41) is 11.5. The van der Waals surface area contributed by atoms with E-state index in [1.54, 1.807) is 12.3 Å². The molecular weight excluding hydrogens is 192 g/mol. The van der Waals surface area contributed by atoms with Gasteiger partial charge >= 0.3 is 0 Å². The number of H-pyrrole nitrogens is 1. The third-order valence-corrected chi connectivity index (χ3v) is 2.25. The van der Waals surface area contributed by atoms with Gasteiger partial charge in [0, 0.05) is 17.0 Å². The zero-order chi connectivity index (χ0) is 10.3. The van der Waals surface area contributed by atoms with Crippen molar-refractivity contribution >= 4 is 16.7 Å². The van der Waals surface area contributed by atoms with Gasteiger partial charge in [-0.3, -0.25) is 5.10 Å². The van der Waals surface area contributed by atoms with E-state index in [0.717, 1.165) is 16.5 Å². The largest absolute Gasteiger partial charge is 0.381 e. The topological polar surface area (TPSA) is 80.7 Å². The number of nitrogens with one attached hydrogen (secondary N) is 1. The first-order chi connectivity index (χ1) is 7.33. The third kappa shape index (κ3) is 1.25. The summed E-state index contributed by atoms with van der Waals surface area (Å²) >= 11 is 0. The highest BCUT2D eigenvalue weighted by atomic mass is 16.5. The average Bonchev–Trinajstić information content (AvgIpc) is 2.84. The van der Waals surface area contributed by atoms with Crippen LogP contribution in [0.4, 0.5) is 5.82 Å². The van der Waals surface area contributed by atoms with Crippen LogP contribution in [0, 0.1) is 0 Å². The first-order valence-corrected chi connectivity index (χ1v) is 4.48. The highest BCUT2D eigenvalue weighted by molar-refractivity contribution is 5.82. The summed E-state index contributed by atoms with van der Waals surface area (Å²) in [5.74, 6) is 1.04. The molecule has 0 bridgehead atoms. The van der Waals surface area contributed by atoms with Crippen LogP contribution in [0.1, 0.15) is 0 Å². The van der Waals surface area contributed by atoms with E-state index in [-0.39, 0.29) is 0 Å². The van der Waals surface area contributed by atoms with E-state index >= 15 is 0 Å². The van der Waals surface area contributed by atoms with Gasteiger partial charge in [0.1, 0.15) is 0 Å². The second kappa shape index (κ2) is 2.84. The van der Waals surface area contributed by atoms with Crippen molar-refractivity contribution in [3.05, 3.63) is 30.5 Å². The van der Waals surface area contributed by atoms with Gasteiger partial charge in [-0.15, -0.1) is 0 Å². The lowest BCUT2D eigenvalue weighted by Crippen LogP contribution is -1.80. The summed E-state index contributed by atoms with van der Waals surface area (Å²) in [7, 11) is 0. The molecule has 15 heavy (non-hydrogen) atoms. The molecule has 2 aromatic heterocycles. The molecule has 0 unspecified atom stereocenters. The lowest BCUT2D eigenvalue weighted by atomic mass is 10.1. The smallest absolute Gasteiger partial charge is 0.169 e. The summed E-state index contributed by atoms with van der Waals surface area (Å²) in [6.45, 7) is 0. The molecule has 0 aliphatic heterocycles. The maximum atomic E-state index is 5.48. The van der Waals surface area contributed by atoms with E-state index in [4.69, 9.17) is 10.3 Å². The molecule has 74 valence electrons. The van der Waals surface area contributed by atoms with Gasteiger partial charge in [0.15, 0.2) is 11.6 Å². The van der Waals surface area contributed by atoms with Crippen molar-refractivity contribution in [1.82, 2.24) is 15.4 Å². The molecule has 0 amide bonds. The first-order valence-electron chi connectivity index (χ1n) is 4.48. The minimum atomic E-state index is 0.384. The van der Waals surface area contributed by atoms with Crippen molar-refractivity contribution in [2.75, 3.05) is 5.73 Å². The van der Waals surface area contributed by atoms with Crippen LogP contribution >= 0.6 is 0 Å². The van der Waals surface area contributed by atoms with Crippen LogP contribution in [0.3, 0.4) is 0 Å². The number of benzene rings is 1. The van der Waals surface area contributed by atoms with Crippen LogP contribution < -0.4 is 5.73 Å². The molecule has 3 rings (SSSR count). The van der Waals surface area contributed by atoms with Gasteiger partial charge in [-0.2, -0.15) is 5.10 Å². The number of hydrogen-bond acceptors (Lipinski definition) is 4. The molecule has 0 aliphatic carbocycles. The Bertz CT molecular complexity index is 610. The molecule has 2 heterocycles. The SMILES string of the molecule is Nc1cc(-c2ccc3cn[nH]c3c2)on1.